The molecule has 0 spiro atoms. The first-order chi connectivity index (χ1) is 13.0. The van der Waals surface area contributed by atoms with E-state index >= 15 is 0 Å². The van der Waals surface area contributed by atoms with Crippen LogP contribution in [0.2, 0.25) is 0 Å². The first-order valence-electron chi connectivity index (χ1n) is 9.24. The topological polar surface area (TPSA) is 52.6 Å². The van der Waals surface area contributed by atoms with Crippen molar-refractivity contribution in [2.24, 2.45) is 0 Å². The molecule has 0 aliphatic rings. The number of aliphatic carboxylic acids is 1. The van der Waals surface area contributed by atoms with Gasteiger partial charge in [0.05, 0.1) is 0 Å². The molecule has 2 aromatic rings. The van der Waals surface area contributed by atoms with Crippen LogP contribution in [0.1, 0.15) is 38.2 Å². The quantitative estimate of drug-likeness (QED) is 0.380. The van der Waals surface area contributed by atoms with Crippen molar-refractivity contribution in [3.63, 3.8) is 0 Å². The Morgan fingerprint density at radius 1 is 1.07 bits per heavy atom. The third-order valence-electron chi connectivity index (χ3n) is 4.38. The van der Waals surface area contributed by atoms with Crippen LogP contribution >= 0.6 is 23.2 Å². The molecular formula is C21H26Cl2N2O2. The third-order valence-corrected chi connectivity index (χ3v) is 5.21. The monoisotopic (exact) mass is 408 g/mol. The number of rotatable bonds is 11. The van der Waals surface area contributed by atoms with Crippen molar-refractivity contribution in [2.45, 2.75) is 39.2 Å². The largest absolute Gasteiger partial charge is 0.481 e. The zero-order chi connectivity index (χ0) is 19.6. The van der Waals surface area contributed by atoms with E-state index in [9.17, 15) is 4.79 Å². The van der Waals surface area contributed by atoms with Crippen LogP contribution in [-0.2, 0) is 11.3 Å². The summed E-state index contributed by atoms with van der Waals surface area (Å²) in [7, 11) is 0. The number of hydrogen-bond donors (Lipinski definition) is 2. The van der Waals surface area contributed by atoms with Gasteiger partial charge >= 0.3 is 5.97 Å². The lowest BCUT2D eigenvalue weighted by molar-refractivity contribution is -0.137. The maximum Gasteiger partial charge on any atom is 0.303 e. The summed E-state index contributed by atoms with van der Waals surface area (Å²) in [5.74, 6) is -0.754. The Kier molecular flexibility index (Phi) is 8.76. The standard InChI is InChI=1S/C21H26Cl2N2O2/c1-2-25(15-16-11-12-17-8-5-6-9-18(17)14-16)21(23)20(22)24-13-7-3-4-10-19(26)27/h5-6,8-9,11-12,14,24H,2-4,7,10,13,15H2,1H3,(H,26,27)/b21-20-. The Labute approximate surface area is 170 Å². The smallest absolute Gasteiger partial charge is 0.303 e. The molecule has 0 aliphatic carbocycles. The molecule has 0 fully saturated rings. The normalized spacial score (nSPS) is 12.0. The van der Waals surface area contributed by atoms with Gasteiger partial charge in [-0.15, -0.1) is 0 Å². The van der Waals surface area contributed by atoms with E-state index in [-0.39, 0.29) is 6.42 Å². The second-order valence-corrected chi connectivity index (χ2v) is 7.17. The number of unbranched alkanes of at least 4 members (excludes halogenated alkanes) is 2. The minimum atomic E-state index is -0.754. The Bertz CT molecular complexity index is 793. The number of carboxylic acid groups (broad SMARTS) is 1. The Hall–Kier alpha value is -1.91. The van der Waals surface area contributed by atoms with E-state index < -0.39 is 5.97 Å². The second kappa shape index (κ2) is 11.1. The summed E-state index contributed by atoms with van der Waals surface area (Å²) >= 11 is 12.8. The minimum absolute atomic E-state index is 0.208. The highest BCUT2D eigenvalue weighted by Crippen LogP contribution is 2.22. The predicted octanol–water partition coefficient (Wildman–Crippen LogP) is 5.50. The van der Waals surface area contributed by atoms with Crippen LogP contribution in [0.5, 0.6) is 0 Å². The molecular weight excluding hydrogens is 383 g/mol. The van der Waals surface area contributed by atoms with E-state index in [4.69, 9.17) is 28.3 Å². The average molecular weight is 409 g/mol. The second-order valence-electron chi connectivity index (χ2n) is 6.43. The van der Waals surface area contributed by atoms with Crippen molar-refractivity contribution in [1.29, 1.82) is 0 Å². The van der Waals surface area contributed by atoms with Crippen LogP contribution in [0.15, 0.2) is 52.8 Å². The molecule has 0 unspecified atom stereocenters. The van der Waals surface area contributed by atoms with E-state index in [1.807, 2.05) is 24.0 Å². The molecule has 0 radical (unpaired) electrons. The van der Waals surface area contributed by atoms with E-state index in [0.717, 1.165) is 19.4 Å². The third kappa shape index (κ3) is 6.96. The van der Waals surface area contributed by atoms with Crippen LogP contribution < -0.4 is 5.32 Å². The Morgan fingerprint density at radius 2 is 1.81 bits per heavy atom. The first-order valence-corrected chi connectivity index (χ1v) is 10.0. The number of carboxylic acids is 1. The molecule has 0 aromatic heterocycles. The molecule has 2 rings (SSSR count). The summed E-state index contributed by atoms with van der Waals surface area (Å²) in [6.45, 7) is 4.13. The molecule has 0 amide bonds. The highest BCUT2D eigenvalue weighted by atomic mass is 35.5. The summed E-state index contributed by atoms with van der Waals surface area (Å²) in [6.07, 6.45) is 2.58. The predicted molar refractivity (Wildman–Crippen MR) is 113 cm³/mol. The summed E-state index contributed by atoms with van der Waals surface area (Å²) in [5.41, 5.74) is 1.17. The number of hydrogen-bond acceptors (Lipinski definition) is 3. The van der Waals surface area contributed by atoms with Crippen molar-refractivity contribution < 1.29 is 9.90 Å². The van der Waals surface area contributed by atoms with Gasteiger partial charge in [0.15, 0.2) is 0 Å². The molecule has 0 saturated heterocycles. The first kappa shape index (κ1) is 21.4. The summed E-state index contributed by atoms with van der Waals surface area (Å²) < 4.78 is 0. The van der Waals surface area contributed by atoms with Gasteiger partial charge in [-0.3, -0.25) is 4.79 Å². The maximum atomic E-state index is 10.5. The minimum Gasteiger partial charge on any atom is -0.481 e. The van der Waals surface area contributed by atoms with Crippen LogP contribution in [0.4, 0.5) is 0 Å². The molecule has 0 atom stereocenters. The fourth-order valence-electron chi connectivity index (χ4n) is 2.87. The van der Waals surface area contributed by atoms with E-state index in [2.05, 4.69) is 35.6 Å². The van der Waals surface area contributed by atoms with E-state index in [1.165, 1.54) is 16.3 Å². The Morgan fingerprint density at radius 3 is 2.52 bits per heavy atom. The van der Waals surface area contributed by atoms with Crippen molar-refractivity contribution in [3.8, 4) is 0 Å². The number of fused-ring (bicyclic) bond motifs is 1. The van der Waals surface area contributed by atoms with Crippen LogP contribution in [0.3, 0.4) is 0 Å². The number of nitrogens with one attached hydrogen (secondary N) is 1. The van der Waals surface area contributed by atoms with Crippen LogP contribution in [0, 0.1) is 0 Å². The number of carbonyl (C=O) groups is 1. The molecule has 0 heterocycles. The van der Waals surface area contributed by atoms with Crippen LogP contribution in [-0.4, -0.2) is 29.1 Å². The maximum absolute atomic E-state index is 10.5. The summed E-state index contributed by atoms with van der Waals surface area (Å²) in [4.78, 5) is 12.5. The number of benzene rings is 2. The number of halogens is 2. The lowest BCUT2D eigenvalue weighted by Crippen LogP contribution is -2.24. The molecule has 0 saturated carbocycles. The van der Waals surface area contributed by atoms with Gasteiger partial charge in [-0.1, -0.05) is 66.0 Å². The molecule has 0 bridgehead atoms. The van der Waals surface area contributed by atoms with Crippen molar-refractivity contribution in [3.05, 3.63) is 58.3 Å². The highest BCUT2D eigenvalue weighted by molar-refractivity contribution is 6.38. The fraction of sp³-hybridized carbons (Fsp3) is 0.381. The van der Waals surface area contributed by atoms with Gasteiger partial charge in [0.2, 0.25) is 0 Å². The SMILES string of the molecule is CCN(Cc1ccc2ccccc2c1)/C(Cl)=C(/Cl)NCCCCCC(=O)O. The lowest BCUT2D eigenvalue weighted by atomic mass is 10.1. The van der Waals surface area contributed by atoms with Gasteiger partial charge in [-0.2, -0.15) is 0 Å². The summed E-state index contributed by atoms with van der Waals surface area (Å²) in [5, 5.41) is 15.1. The highest BCUT2D eigenvalue weighted by Gasteiger charge is 2.11. The fourth-order valence-corrected chi connectivity index (χ4v) is 3.33. The van der Waals surface area contributed by atoms with Gasteiger partial charge in [-0.25, -0.2) is 0 Å². The molecule has 4 nitrogen and oxygen atoms in total. The van der Waals surface area contributed by atoms with Gasteiger partial charge in [0.25, 0.3) is 0 Å². The van der Waals surface area contributed by atoms with Gasteiger partial charge in [0, 0.05) is 26.1 Å². The van der Waals surface area contributed by atoms with Crippen molar-refractivity contribution in [1.82, 2.24) is 10.2 Å². The summed E-state index contributed by atoms with van der Waals surface area (Å²) in [6, 6.07) is 14.7. The van der Waals surface area contributed by atoms with Crippen LogP contribution in [0.25, 0.3) is 10.8 Å². The molecule has 146 valence electrons. The molecule has 6 heteroatoms. The zero-order valence-electron chi connectivity index (χ0n) is 15.5. The zero-order valence-corrected chi connectivity index (χ0v) is 17.1. The Balaban J connectivity index is 1.91. The van der Waals surface area contributed by atoms with Crippen molar-refractivity contribution in [2.75, 3.05) is 13.1 Å². The molecule has 2 aromatic carbocycles. The van der Waals surface area contributed by atoms with E-state index in [0.29, 0.717) is 29.8 Å². The molecule has 2 N–H and O–H groups in total. The van der Waals surface area contributed by atoms with E-state index in [1.54, 1.807) is 0 Å². The van der Waals surface area contributed by atoms with Gasteiger partial charge in [0.1, 0.15) is 10.3 Å². The van der Waals surface area contributed by atoms with Gasteiger partial charge < -0.3 is 15.3 Å². The molecule has 27 heavy (non-hydrogen) atoms. The van der Waals surface area contributed by atoms with Gasteiger partial charge in [-0.05, 0) is 42.2 Å². The average Bonchev–Trinajstić information content (AvgIpc) is 2.67. The van der Waals surface area contributed by atoms with Crippen molar-refractivity contribution >= 4 is 39.9 Å². The number of nitrogens with zero attached hydrogens (tertiary/aromatic N) is 1. The lowest BCUT2D eigenvalue weighted by Gasteiger charge is -2.23. The molecule has 0 aliphatic heterocycles.